The van der Waals surface area contributed by atoms with Crippen LogP contribution in [-0.2, 0) is 9.53 Å². The van der Waals surface area contributed by atoms with Gasteiger partial charge >= 0.3 is 0 Å². The van der Waals surface area contributed by atoms with Crippen LogP contribution in [0.1, 0.15) is 25.7 Å². The molecule has 0 spiro atoms. The topological polar surface area (TPSA) is 62.1 Å². The Balaban J connectivity index is 2.07. The molecule has 1 amide bonds. The van der Waals surface area contributed by atoms with E-state index < -0.39 is 0 Å². The van der Waals surface area contributed by atoms with Gasteiger partial charge in [-0.3, -0.25) is 4.79 Å². The second-order valence-electron chi connectivity index (χ2n) is 3.05. The second kappa shape index (κ2) is 5.55. The number of carbonyl (C=O) groups is 1. The van der Waals surface area contributed by atoms with Crippen LogP contribution in [-0.4, -0.2) is 25.2 Å². The van der Waals surface area contributed by atoms with Gasteiger partial charge in [0.15, 0.2) is 0 Å². The highest BCUT2D eigenvalue weighted by Crippen LogP contribution is 2.11. The predicted molar refractivity (Wildman–Crippen MR) is 46.8 cm³/mol. The third-order valence-corrected chi connectivity index (χ3v) is 1.99. The summed E-state index contributed by atoms with van der Waals surface area (Å²) in [5.74, 6) is -0.0320. The van der Waals surface area contributed by atoms with Crippen LogP contribution >= 0.6 is 0 Å². The zero-order valence-corrected chi connectivity index (χ0v) is 7.58. The standard InChI is InChI=1S/C9H14N2O2/c10-5-1-2-6-11-9(12)8-4-3-7-13-8/h8H,1-4,6-7H2,(H,11,12). The Morgan fingerprint density at radius 1 is 1.69 bits per heavy atom. The van der Waals surface area contributed by atoms with Gasteiger partial charge in [0.05, 0.1) is 6.07 Å². The van der Waals surface area contributed by atoms with Gasteiger partial charge in [-0.05, 0) is 19.3 Å². The van der Waals surface area contributed by atoms with E-state index in [1.165, 1.54) is 0 Å². The fraction of sp³-hybridized carbons (Fsp3) is 0.778. The number of hydrogen-bond acceptors (Lipinski definition) is 3. The van der Waals surface area contributed by atoms with Crippen molar-refractivity contribution in [1.82, 2.24) is 5.32 Å². The maximum atomic E-state index is 11.3. The van der Waals surface area contributed by atoms with Crippen LogP contribution in [0.25, 0.3) is 0 Å². The maximum Gasteiger partial charge on any atom is 0.249 e. The van der Waals surface area contributed by atoms with E-state index in [2.05, 4.69) is 5.32 Å². The van der Waals surface area contributed by atoms with Gasteiger partial charge in [0, 0.05) is 19.6 Å². The molecule has 1 N–H and O–H groups in total. The first-order chi connectivity index (χ1) is 6.34. The van der Waals surface area contributed by atoms with Crippen molar-refractivity contribution in [3.05, 3.63) is 0 Å². The molecular formula is C9H14N2O2. The molecule has 72 valence electrons. The number of carbonyl (C=O) groups excluding carboxylic acids is 1. The molecule has 1 heterocycles. The molecule has 1 saturated heterocycles. The van der Waals surface area contributed by atoms with Crippen molar-refractivity contribution in [2.24, 2.45) is 0 Å². The highest BCUT2D eigenvalue weighted by Gasteiger charge is 2.22. The molecule has 0 aliphatic carbocycles. The maximum absolute atomic E-state index is 11.3. The molecule has 1 rings (SSSR count). The first-order valence-electron chi connectivity index (χ1n) is 4.61. The summed E-state index contributed by atoms with van der Waals surface area (Å²) in [5.41, 5.74) is 0. The molecule has 0 aromatic carbocycles. The number of hydrogen-bond donors (Lipinski definition) is 1. The number of nitrogens with one attached hydrogen (secondary N) is 1. The van der Waals surface area contributed by atoms with Gasteiger partial charge < -0.3 is 10.1 Å². The van der Waals surface area contributed by atoms with Crippen molar-refractivity contribution >= 4 is 5.91 Å². The van der Waals surface area contributed by atoms with Crippen molar-refractivity contribution in [3.63, 3.8) is 0 Å². The van der Waals surface area contributed by atoms with Crippen molar-refractivity contribution in [1.29, 1.82) is 5.26 Å². The summed E-state index contributed by atoms with van der Waals surface area (Å²) in [6.45, 7) is 1.27. The Hall–Kier alpha value is -1.08. The molecule has 0 aromatic heterocycles. The number of nitrogens with zero attached hydrogens (tertiary/aromatic N) is 1. The summed E-state index contributed by atoms with van der Waals surface area (Å²) in [6, 6.07) is 2.03. The van der Waals surface area contributed by atoms with Gasteiger partial charge in [-0.25, -0.2) is 0 Å². The van der Waals surface area contributed by atoms with E-state index in [4.69, 9.17) is 10.00 Å². The van der Waals surface area contributed by atoms with E-state index in [-0.39, 0.29) is 12.0 Å². The Morgan fingerprint density at radius 2 is 2.54 bits per heavy atom. The molecule has 4 nitrogen and oxygen atoms in total. The summed E-state index contributed by atoms with van der Waals surface area (Å²) in [6.07, 6.45) is 2.75. The van der Waals surface area contributed by atoms with Crippen LogP contribution < -0.4 is 5.32 Å². The summed E-state index contributed by atoms with van der Waals surface area (Å²) in [7, 11) is 0. The normalized spacial score (nSPS) is 21.0. The van der Waals surface area contributed by atoms with E-state index in [9.17, 15) is 4.79 Å². The SMILES string of the molecule is N#CCCCNC(=O)C1CCCO1. The van der Waals surface area contributed by atoms with Crippen LogP contribution in [0.2, 0.25) is 0 Å². The van der Waals surface area contributed by atoms with Gasteiger partial charge in [0.2, 0.25) is 5.91 Å². The number of ether oxygens (including phenoxy) is 1. The molecule has 4 heteroatoms. The first kappa shape index (κ1) is 10.0. The minimum absolute atomic E-state index is 0.0320. The second-order valence-corrected chi connectivity index (χ2v) is 3.05. The summed E-state index contributed by atoms with van der Waals surface area (Å²) in [5, 5.41) is 11.0. The highest BCUT2D eigenvalue weighted by atomic mass is 16.5. The fourth-order valence-electron chi connectivity index (χ4n) is 1.28. The molecule has 1 aliphatic heterocycles. The number of unbranched alkanes of at least 4 members (excludes halogenated alkanes) is 1. The predicted octanol–water partition coefficient (Wildman–Crippen LogP) is 0.585. The Labute approximate surface area is 77.9 Å². The van der Waals surface area contributed by atoms with E-state index in [0.717, 1.165) is 19.3 Å². The Bertz CT molecular complexity index is 204. The van der Waals surface area contributed by atoms with Crippen molar-refractivity contribution < 1.29 is 9.53 Å². The smallest absolute Gasteiger partial charge is 0.249 e. The van der Waals surface area contributed by atoms with Crippen LogP contribution in [0.3, 0.4) is 0 Å². The summed E-state index contributed by atoms with van der Waals surface area (Å²) >= 11 is 0. The molecule has 1 unspecified atom stereocenters. The quantitative estimate of drug-likeness (QED) is 0.647. The van der Waals surface area contributed by atoms with Crippen LogP contribution in [0.15, 0.2) is 0 Å². The fourth-order valence-corrected chi connectivity index (χ4v) is 1.28. The van der Waals surface area contributed by atoms with Gasteiger partial charge in [0.25, 0.3) is 0 Å². The zero-order chi connectivity index (χ0) is 9.52. The lowest BCUT2D eigenvalue weighted by atomic mass is 10.2. The lowest BCUT2D eigenvalue weighted by Crippen LogP contribution is -2.34. The average Bonchev–Trinajstić information content (AvgIpc) is 2.65. The molecule has 0 saturated carbocycles. The zero-order valence-electron chi connectivity index (χ0n) is 7.58. The number of nitriles is 1. The number of amides is 1. The lowest BCUT2D eigenvalue weighted by Gasteiger charge is -2.08. The molecule has 0 radical (unpaired) electrons. The average molecular weight is 182 g/mol. The Kier molecular flexibility index (Phi) is 4.27. The van der Waals surface area contributed by atoms with Crippen LogP contribution in [0.4, 0.5) is 0 Å². The van der Waals surface area contributed by atoms with Gasteiger partial charge in [-0.15, -0.1) is 0 Å². The van der Waals surface area contributed by atoms with Crippen molar-refractivity contribution in [3.8, 4) is 6.07 Å². The molecule has 0 aromatic rings. The summed E-state index contributed by atoms with van der Waals surface area (Å²) in [4.78, 5) is 11.3. The number of rotatable bonds is 4. The van der Waals surface area contributed by atoms with Crippen LogP contribution in [0, 0.1) is 11.3 Å². The van der Waals surface area contributed by atoms with Crippen LogP contribution in [0.5, 0.6) is 0 Å². The van der Waals surface area contributed by atoms with Gasteiger partial charge in [-0.1, -0.05) is 0 Å². The van der Waals surface area contributed by atoms with Gasteiger partial charge in [-0.2, -0.15) is 5.26 Å². The minimum Gasteiger partial charge on any atom is -0.368 e. The van der Waals surface area contributed by atoms with E-state index in [1.54, 1.807) is 0 Å². The summed E-state index contributed by atoms with van der Waals surface area (Å²) < 4.78 is 5.19. The van der Waals surface area contributed by atoms with Crippen molar-refractivity contribution in [2.45, 2.75) is 31.8 Å². The third-order valence-electron chi connectivity index (χ3n) is 1.99. The molecule has 1 aliphatic rings. The lowest BCUT2D eigenvalue weighted by molar-refractivity contribution is -0.130. The molecular weight excluding hydrogens is 168 g/mol. The molecule has 13 heavy (non-hydrogen) atoms. The van der Waals surface area contributed by atoms with Crippen molar-refractivity contribution in [2.75, 3.05) is 13.2 Å². The van der Waals surface area contributed by atoms with E-state index in [1.807, 2.05) is 6.07 Å². The first-order valence-corrected chi connectivity index (χ1v) is 4.61. The largest absolute Gasteiger partial charge is 0.368 e. The molecule has 1 fully saturated rings. The monoisotopic (exact) mass is 182 g/mol. The van der Waals surface area contributed by atoms with E-state index >= 15 is 0 Å². The molecule has 0 bridgehead atoms. The minimum atomic E-state index is -0.248. The van der Waals surface area contributed by atoms with E-state index in [0.29, 0.717) is 19.6 Å². The molecule has 1 atom stereocenters. The third kappa shape index (κ3) is 3.43. The highest BCUT2D eigenvalue weighted by molar-refractivity contribution is 5.80. The van der Waals surface area contributed by atoms with Gasteiger partial charge in [0.1, 0.15) is 6.10 Å². The Morgan fingerprint density at radius 3 is 3.15 bits per heavy atom.